The lowest BCUT2D eigenvalue weighted by molar-refractivity contribution is 0.305. The van der Waals surface area contributed by atoms with Crippen LogP contribution in [-0.2, 0) is 12.1 Å². The number of tetrazole rings is 1. The van der Waals surface area contributed by atoms with E-state index in [1.54, 1.807) is 4.80 Å². The molecule has 0 saturated carbocycles. The molecule has 1 aromatic heterocycles. The number of anilines is 1. The molecular formula is C14H18N6. The number of rotatable bonds is 3. The van der Waals surface area contributed by atoms with Crippen LogP contribution in [0.15, 0.2) is 18.2 Å². The van der Waals surface area contributed by atoms with Gasteiger partial charge in [0.2, 0.25) is 0 Å². The second-order valence-electron chi connectivity index (χ2n) is 5.66. The standard InChI is InChI=1S/C14H18N6/c1-10-5-6-12(7-11(10)8-15)16-9-13-17-19-20(18-13)14(2,3)4/h5-7,16H,9H2,1-4H3. The van der Waals surface area contributed by atoms with Gasteiger partial charge in [-0.1, -0.05) is 6.07 Å². The maximum Gasteiger partial charge on any atom is 0.193 e. The first-order chi connectivity index (χ1) is 9.40. The molecule has 0 radical (unpaired) electrons. The van der Waals surface area contributed by atoms with Crippen molar-refractivity contribution in [1.29, 1.82) is 5.26 Å². The van der Waals surface area contributed by atoms with Crippen molar-refractivity contribution >= 4 is 5.69 Å². The minimum absolute atomic E-state index is 0.177. The highest BCUT2D eigenvalue weighted by molar-refractivity contribution is 5.52. The van der Waals surface area contributed by atoms with Crippen molar-refractivity contribution in [2.45, 2.75) is 39.8 Å². The Kier molecular flexibility index (Phi) is 3.70. The molecular weight excluding hydrogens is 252 g/mol. The van der Waals surface area contributed by atoms with Gasteiger partial charge in [0, 0.05) is 5.69 Å². The van der Waals surface area contributed by atoms with Crippen molar-refractivity contribution in [3.8, 4) is 6.07 Å². The summed E-state index contributed by atoms with van der Waals surface area (Å²) in [4.78, 5) is 1.60. The van der Waals surface area contributed by atoms with Crippen LogP contribution in [0.1, 0.15) is 37.7 Å². The molecule has 20 heavy (non-hydrogen) atoms. The van der Waals surface area contributed by atoms with Gasteiger partial charge in [0.25, 0.3) is 0 Å². The third-order valence-electron chi connectivity index (χ3n) is 2.86. The summed E-state index contributed by atoms with van der Waals surface area (Å²) in [5, 5.41) is 24.6. The van der Waals surface area contributed by atoms with E-state index < -0.39 is 0 Å². The van der Waals surface area contributed by atoms with Crippen molar-refractivity contribution in [1.82, 2.24) is 20.2 Å². The first kappa shape index (κ1) is 14.0. The minimum Gasteiger partial charge on any atom is -0.378 e. The topological polar surface area (TPSA) is 79.4 Å². The normalized spacial score (nSPS) is 11.2. The number of aromatic nitrogens is 4. The Bertz CT molecular complexity index is 644. The molecule has 0 amide bonds. The summed E-state index contributed by atoms with van der Waals surface area (Å²) < 4.78 is 0. The van der Waals surface area contributed by atoms with E-state index in [9.17, 15) is 0 Å². The molecule has 6 nitrogen and oxygen atoms in total. The lowest BCUT2D eigenvalue weighted by Crippen LogP contribution is -2.24. The number of nitrogens with zero attached hydrogens (tertiary/aromatic N) is 5. The summed E-state index contributed by atoms with van der Waals surface area (Å²) in [6, 6.07) is 7.84. The zero-order chi connectivity index (χ0) is 14.8. The van der Waals surface area contributed by atoms with E-state index in [1.807, 2.05) is 45.9 Å². The molecule has 6 heteroatoms. The predicted octanol–water partition coefficient (Wildman–Crippen LogP) is 2.22. The molecule has 0 unspecified atom stereocenters. The summed E-state index contributed by atoms with van der Waals surface area (Å²) in [5.41, 5.74) is 2.33. The van der Waals surface area contributed by atoms with Crippen LogP contribution in [0, 0.1) is 18.3 Å². The highest BCUT2D eigenvalue weighted by Crippen LogP contribution is 2.15. The third-order valence-corrected chi connectivity index (χ3v) is 2.86. The number of nitrogens with one attached hydrogen (secondary N) is 1. The van der Waals surface area contributed by atoms with E-state index >= 15 is 0 Å². The largest absolute Gasteiger partial charge is 0.378 e. The molecule has 2 aromatic rings. The first-order valence-electron chi connectivity index (χ1n) is 6.44. The van der Waals surface area contributed by atoms with E-state index in [1.165, 1.54) is 0 Å². The summed E-state index contributed by atoms with van der Waals surface area (Å²) in [6.45, 7) is 8.45. The molecule has 2 rings (SSSR count). The average molecular weight is 270 g/mol. The second kappa shape index (κ2) is 5.29. The van der Waals surface area contributed by atoms with Crippen LogP contribution in [-0.4, -0.2) is 20.2 Å². The fourth-order valence-electron chi connectivity index (χ4n) is 1.63. The molecule has 1 heterocycles. The van der Waals surface area contributed by atoms with Gasteiger partial charge in [0.05, 0.1) is 23.7 Å². The van der Waals surface area contributed by atoms with Crippen molar-refractivity contribution in [3.63, 3.8) is 0 Å². The van der Waals surface area contributed by atoms with Crippen LogP contribution in [0.2, 0.25) is 0 Å². The van der Waals surface area contributed by atoms with Gasteiger partial charge in [-0.3, -0.25) is 0 Å². The number of aryl methyl sites for hydroxylation is 1. The second-order valence-corrected chi connectivity index (χ2v) is 5.66. The van der Waals surface area contributed by atoms with Gasteiger partial charge in [-0.05, 0) is 50.6 Å². The Balaban J connectivity index is 2.06. The van der Waals surface area contributed by atoms with E-state index in [-0.39, 0.29) is 5.54 Å². The van der Waals surface area contributed by atoms with Crippen molar-refractivity contribution in [2.75, 3.05) is 5.32 Å². The Morgan fingerprint density at radius 2 is 2.10 bits per heavy atom. The summed E-state index contributed by atoms with van der Waals surface area (Å²) in [7, 11) is 0. The lowest BCUT2D eigenvalue weighted by Gasteiger charge is -2.15. The Morgan fingerprint density at radius 3 is 2.70 bits per heavy atom. The quantitative estimate of drug-likeness (QED) is 0.925. The number of benzene rings is 1. The lowest BCUT2D eigenvalue weighted by atomic mass is 10.1. The predicted molar refractivity (Wildman–Crippen MR) is 76.0 cm³/mol. The van der Waals surface area contributed by atoms with Gasteiger partial charge in [-0.25, -0.2) is 0 Å². The molecule has 0 saturated heterocycles. The highest BCUT2D eigenvalue weighted by atomic mass is 15.6. The number of nitriles is 1. The monoisotopic (exact) mass is 270 g/mol. The fourth-order valence-corrected chi connectivity index (χ4v) is 1.63. The van der Waals surface area contributed by atoms with Crippen molar-refractivity contribution in [3.05, 3.63) is 35.2 Å². The molecule has 0 aliphatic carbocycles. The van der Waals surface area contributed by atoms with E-state index in [0.717, 1.165) is 11.3 Å². The molecule has 0 aliphatic heterocycles. The van der Waals surface area contributed by atoms with Crippen molar-refractivity contribution < 1.29 is 0 Å². The van der Waals surface area contributed by atoms with Gasteiger partial charge < -0.3 is 5.32 Å². The van der Waals surface area contributed by atoms with Crippen molar-refractivity contribution in [2.24, 2.45) is 0 Å². The zero-order valence-corrected chi connectivity index (χ0v) is 12.2. The SMILES string of the molecule is Cc1ccc(NCc2nnn(C(C)(C)C)n2)cc1C#N. The molecule has 0 fully saturated rings. The summed E-state index contributed by atoms with van der Waals surface area (Å²) in [5.74, 6) is 0.624. The van der Waals surface area contributed by atoms with Gasteiger partial charge in [-0.2, -0.15) is 10.1 Å². The fraction of sp³-hybridized carbons (Fsp3) is 0.429. The Hall–Kier alpha value is -2.42. The molecule has 0 atom stereocenters. The smallest absolute Gasteiger partial charge is 0.193 e. The van der Waals surface area contributed by atoms with Gasteiger partial charge >= 0.3 is 0 Å². The third kappa shape index (κ3) is 3.12. The van der Waals surface area contributed by atoms with E-state index in [2.05, 4.69) is 26.8 Å². The maximum atomic E-state index is 9.01. The van der Waals surface area contributed by atoms with Gasteiger partial charge in [-0.15, -0.1) is 10.2 Å². The highest BCUT2D eigenvalue weighted by Gasteiger charge is 2.16. The zero-order valence-electron chi connectivity index (χ0n) is 12.2. The van der Waals surface area contributed by atoms with Crippen LogP contribution in [0.3, 0.4) is 0 Å². The van der Waals surface area contributed by atoms with Gasteiger partial charge in [0.1, 0.15) is 0 Å². The van der Waals surface area contributed by atoms with E-state index in [4.69, 9.17) is 5.26 Å². The minimum atomic E-state index is -0.177. The Morgan fingerprint density at radius 1 is 1.35 bits per heavy atom. The number of hydrogen-bond acceptors (Lipinski definition) is 5. The van der Waals surface area contributed by atoms with Crippen LogP contribution in [0.5, 0.6) is 0 Å². The molecule has 0 aliphatic rings. The van der Waals surface area contributed by atoms with Crippen LogP contribution in [0.25, 0.3) is 0 Å². The van der Waals surface area contributed by atoms with Crippen LogP contribution >= 0.6 is 0 Å². The Labute approximate surface area is 118 Å². The molecule has 1 aromatic carbocycles. The van der Waals surface area contributed by atoms with Gasteiger partial charge in [0.15, 0.2) is 5.82 Å². The summed E-state index contributed by atoms with van der Waals surface area (Å²) >= 11 is 0. The molecule has 104 valence electrons. The first-order valence-corrected chi connectivity index (χ1v) is 6.44. The van der Waals surface area contributed by atoms with E-state index in [0.29, 0.717) is 17.9 Å². The van der Waals surface area contributed by atoms with Crippen LogP contribution in [0.4, 0.5) is 5.69 Å². The molecule has 0 spiro atoms. The number of hydrogen-bond donors (Lipinski definition) is 1. The molecule has 1 N–H and O–H groups in total. The van der Waals surface area contributed by atoms with Crippen LogP contribution < -0.4 is 5.32 Å². The molecule has 0 bridgehead atoms. The summed E-state index contributed by atoms with van der Waals surface area (Å²) in [6.07, 6.45) is 0. The average Bonchev–Trinajstić information content (AvgIpc) is 2.86. The maximum absolute atomic E-state index is 9.01.